The second-order valence-corrected chi connectivity index (χ2v) is 4.85. The molecule has 0 aliphatic carbocycles. The normalized spacial score (nSPS) is 10.9. The maximum absolute atomic E-state index is 11.3. The van der Waals surface area contributed by atoms with Crippen molar-refractivity contribution in [2.24, 2.45) is 5.92 Å². The number of hydrogen-bond donors (Lipinski definition) is 0. The van der Waals surface area contributed by atoms with Crippen LogP contribution in [-0.2, 0) is 4.79 Å². The van der Waals surface area contributed by atoms with Crippen LogP contribution in [0, 0.1) is 5.92 Å². The van der Waals surface area contributed by atoms with Crippen molar-refractivity contribution < 1.29 is 4.79 Å². The highest BCUT2D eigenvalue weighted by Gasteiger charge is 2.05. The van der Waals surface area contributed by atoms with E-state index in [1.54, 1.807) is 0 Å². The molecule has 90 valence electrons. The highest BCUT2D eigenvalue weighted by atomic mass is 16.1. The van der Waals surface area contributed by atoms with Crippen molar-refractivity contribution in [1.29, 1.82) is 0 Å². The largest absolute Gasteiger partial charge is 0.299 e. The molecule has 0 radical (unpaired) electrons. The van der Waals surface area contributed by atoms with Gasteiger partial charge in [0, 0.05) is 12.3 Å². The summed E-state index contributed by atoms with van der Waals surface area (Å²) in [7, 11) is 0. The first-order valence-electron chi connectivity index (χ1n) is 6.71. The molecule has 0 fully saturated rings. The van der Waals surface area contributed by atoms with E-state index in [9.17, 15) is 4.79 Å². The molecule has 0 spiro atoms. The molecule has 0 N–H and O–H groups in total. The molecule has 0 saturated carbocycles. The summed E-state index contributed by atoms with van der Waals surface area (Å²) in [5, 5.41) is 0. The Kier molecular flexibility index (Phi) is 9.97. The first kappa shape index (κ1) is 14.7. The van der Waals surface area contributed by atoms with Gasteiger partial charge in [-0.2, -0.15) is 0 Å². The topological polar surface area (TPSA) is 17.1 Å². The number of carbonyl (C=O) groups is 1. The van der Waals surface area contributed by atoms with Gasteiger partial charge in [0.25, 0.3) is 0 Å². The van der Waals surface area contributed by atoms with Gasteiger partial charge >= 0.3 is 0 Å². The van der Waals surface area contributed by atoms with Crippen molar-refractivity contribution in [1.82, 2.24) is 0 Å². The van der Waals surface area contributed by atoms with Crippen molar-refractivity contribution in [3.63, 3.8) is 0 Å². The predicted molar refractivity (Wildman–Crippen MR) is 67.1 cm³/mol. The quantitative estimate of drug-likeness (QED) is 0.478. The summed E-state index contributed by atoms with van der Waals surface area (Å²) in [6, 6.07) is 0. The number of rotatable bonds is 10. The summed E-state index contributed by atoms with van der Waals surface area (Å²) in [5.41, 5.74) is 0. The van der Waals surface area contributed by atoms with E-state index in [4.69, 9.17) is 0 Å². The Bertz CT molecular complexity index is 149. The minimum absolute atomic E-state index is 0.231. The maximum Gasteiger partial charge on any atom is 0.135 e. The molecule has 0 rings (SSSR count). The molecule has 0 aliphatic rings. The Labute approximate surface area is 95.6 Å². The van der Waals surface area contributed by atoms with E-state index in [1.807, 2.05) is 13.8 Å². The molecule has 0 atom stereocenters. The van der Waals surface area contributed by atoms with Gasteiger partial charge in [-0.1, -0.05) is 65.7 Å². The van der Waals surface area contributed by atoms with Crippen molar-refractivity contribution in [2.75, 3.05) is 0 Å². The highest BCUT2D eigenvalue weighted by molar-refractivity contribution is 5.80. The summed E-state index contributed by atoms with van der Waals surface area (Å²) in [6.07, 6.45) is 11.3. The number of Topliss-reactive ketones (excluding diaryl/α,β-unsaturated/α-hetero) is 1. The van der Waals surface area contributed by atoms with Crippen LogP contribution in [0.4, 0.5) is 0 Å². The van der Waals surface area contributed by atoms with Crippen LogP contribution >= 0.6 is 0 Å². The summed E-state index contributed by atoms with van der Waals surface area (Å²) in [4.78, 5) is 11.3. The number of ketones is 1. The third kappa shape index (κ3) is 9.96. The summed E-state index contributed by atoms with van der Waals surface area (Å²) < 4.78 is 0. The fourth-order valence-electron chi connectivity index (χ4n) is 1.72. The summed E-state index contributed by atoms with van der Waals surface area (Å²) in [6.45, 7) is 6.23. The van der Waals surface area contributed by atoms with Gasteiger partial charge in [0.1, 0.15) is 5.78 Å². The van der Waals surface area contributed by atoms with Crippen molar-refractivity contribution in [3.05, 3.63) is 0 Å². The van der Waals surface area contributed by atoms with Crippen molar-refractivity contribution in [3.8, 4) is 0 Å². The Morgan fingerprint density at radius 2 is 1.33 bits per heavy atom. The number of carbonyl (C=O) groups excluding carboxylic acids is 1. The molecule has 0 aliphatic heterocycles. The highest BCUT2D eigenvalue weighted by Crippen LogP contribution is 2.11. The predicted octanol–water partition coefficient (Wildman–Crippen LogP) is 4.74. The molecule has 0 bridgehead atoms. The van der Waals surface area contributed by atoms with Crippen LogP contribution in [0.5, 0.6) is 0 Å². The first-order valence-corrected chi connectivity index (χ1v) is 6.71. The first-order chi connectivity index (χ1) is 7.18. The maximum atomic E-state index is 11.3. The molecule has 0 aromatic rings. The fourth-order valence-corrected chi connectivity index (χ4v) is 1.72. The Morgan fingerprint density at radius 1 is 0.867 bits per heavy atom. The second-order valence-electron chi connectivity index (χ2n) is 4.85. The molecule has 1 nitrogen and oxygen atoms in total. The minimum atomic E-state index is 0.231. The van der Waals surface area contributed by atoms with E-state index in [2.05, 4.69) is 6.92 Å². The lowest BCUT2D eigenvalue weighted by atomic mass is 10.0. The molecule has 0 saturated heterocycles. The average Bonchev–Trinajstić information content (AvgIpc) is 2.21. The van der Waals surface area contributed by atoms with E-state index < -0.39 is 0 Å². The molecule has 0 amide bonds. The lowest BCUT2D eigenvalue weighted by molar-refractivity contribution is -0.122. The van der Waals surface area contributed by atoms with Crippen molar-refractivity contribution >= 4 is 5.78 Å². The number of unbranched alkanes of at least 4 members (excludes halogenated alkanes) is 7. The molecule has 1 heteroatoms. The van der Waals surface area contributed by atoms with Gasteiger partial charge < -0.3 is 0 Å². The zero-order chi connectivity index (χ0) is 11.5. The van der Waals surface area contributed by atoms with E-state index in [0.29, 0.717) is 5.78 Å². The van der Waals surface area contributed by atoms with Gasteiger partial charge in [0.15, 0.2) is 0 Å². The third-order valence-corrected chi connectivity index (χ3v) is 2.92. The van der Waals surface area contributed by atoms with Crippen molar-refractivity contribution in [2.45, 2.75) is 78.6 Å². The smallest absolute Gasteiger partial charge is 0.135 e. The lowest BCUT2D eigenvalue weighted by Gasteiger charge is -2.03. The van der Waals surface area contributed by atoms with E-state index in [0.717, 1.165) is 12.8 Å². The van der Waals surface area contributed by atoms with Crippen LogP contribution in [0.2, 0.25) is 0 Å². The van der Waals surface area contributed by atoms with Crippen LogP contribution in [-0.4, -0.2) is 5.78 Å². The zero-order valence-corrected chi connectivity index (χ0v) is 10.8. The average molecular weight is 212 g/mol. The summed E-state index contributed by atoms with van der Waals surface area (Å²) in [5.74, 6) is 0.663. The van der Waals surface area contributed by atoms with E-state index >= 15 is 0 Å². The molecular weight excluding hydrogens is 184 g/mol. The number of hydrogen-bond acceptors (Lipinski definition) is 1. The van der Waals surface area contributed by atoms with Crippen LogP contribution in [0.3, 0.4) is 0 Å². The fraction of sp³-hybridized carbons (Fsp3) is 0.929. The molecule has 0 heterocycles. The molecule has 0 aromatic carbocycles. The minimum Gasteiger partial charge on any atom is -0.299 e. The van der Waals surface area contributed by atoms with E-state index in [-0.39, 0.29) is 5.92 Å². The second kappa shape index (κ2) is 10.2. The van der Waals surface area contributed by atoms with Crippen LogP contribution in [0.1, 0.15) is 78.6 Å². The van der Waals surface area contributed by atoms with Gasteiger partial charge in [-0.15, -0.1) is 0 Å². The standard InChI is InChI=1S/C14H28O/c1-4-5-6-7-8-9-10-11-12-14(15)13(2)3/h13H,4-12H2,1-3H3. The molecule has 0 aromatic heterocycles. The third-order valence-electron chi connectivity index (χ3n) is 2.92. The molecular formula is C14H28O. The monoisotopic (exact) mass is 212 g/mol. The van der Waals surface area contributed by atoms with E-state index in [1.165, 1.54) is 44.9 Å². The SMILES string of the molecule is CCCCCCCCCCC(=O)C(C)C. The van der Waals surface area contributed by atoms with Crippen LogP contribution < -0.4 is 0 Å². The lowest BCUT2D eigenvalue weighted by Crippen LogP contribution is -2.05. The van der Waals surface area contributed by atoms with Gasteiger partial charge in [-0.25, -0.2) is 0 Å². The van der Waals surface area contributed by atoms with Gasteiger partial charge in [0.05, 0.1) is 0 Å². The van der Waals surface area contributed by atoms with Gasteiger partial charge in [-0.3, -0.25) is 4.79 Å². The zero-order valence-electron chi connectivity index (χ0n) is 10.8. The molecule has 0 unspecified atom stereocenters. The Balaban J connectivity index is 3.08. The Hall–Kier alpha value is -0.330. The van der Waals surface area contributed by atoms with Gasteiger partial charge in [0.2, 0.25) is 0 Å². The van der Waals surface area contributed by atoms with Crippen LogP contribution in [0.15, 0.2) is 0 Å². The van der Waals surface area contributed by atoms with Crippen LogP contribution in [0.25, 0.3) is 0 Å². The Morgan fingerprint density at radius 3 is 1.80 bits per heavy atom. The van der Waals surface area contributed by atoms with Gasteiger partial charge in [-0.05, 0) is 6.42 Å². The molecule has 15 heavy (non-hydrogen) atoms. The summed E-state index contributed by atoms with van der Waals surface area (Å²) >= 11 is 0.